The van der Waals surface area contributed by atoms with E-state index in [9.17, 15) is 4.79 Å². The minimum absolute atomic E-state index is 0.208. The van der Waals surface area contributed by atoms with E-state index < -0.39 is 0 Å². The molecule has 3 rings (SSSR count). The Morgan fingerprint density at radius 2 is 1.74 bits per heavy atom. The summed E-state index contributed by atoms with van der Waals surface area (Å²) in [5.74, 6) is 0.208. The molecule has 1 amide bonds. The number of carbonyl (C=O) groups is 1. The van der Waals surface area contributed by atoms with Crippen molar-refractivity contribution in [3.05, 3.63) is 59.7 Å². The number of aryl methyl sites for hydroxylation is 1. The Morgan fingerprint density at radius 1 is 1.04 bits per heavy atom. The molecule has 120 valence electrons. The monoisotopic (exact) mass is 309 g/mol. The van der Waals surface area contributed by atoms with Crippen molar-refractivity contribution in [3.63, 3.8) is 0 Å². The predicted molar refractivity (Wildman–Crippen MR) is 94.5 cm³/mol. The highest BCUT2D eigenvalue weighted by atomic mass is 16.2. The summed E-state index contributed by atoms with van der Waals surface area (Å²) in [7, 11) is 0. The molecule has 1 fully saturated rings. The van der Waals surface area contributed by atoms with Gasteiger partial charge < -0.3 is 15.5 Å². The van der Waals surface area contributed by atoms with Crippen LogP contribution in [-0.4, -0.2) is 37.0 Å². The molecule has 0 saturated carbocycles. The second-order valence-electron chi connectivity index (χ2n) is 6.08. The van der Waals surface area contributed by atoms with Crippen molar-refractivity contribution in [2.75, 3.05) is 36.8 Å². The lowest BCUT2D eigenvalue weighted by Crippen LogP contribution is -2.49. The van der Waals surface area contributed by atoms with Crippen LogP contribution < -0.4 is 10.6 Å². The quantitative estimate of drug-likeness (QED) is 0.886. The van der Waals surface area contributed by atoms with E-state index in [-0.39, 0.29) is 5.91 Å². The average molecular weight is 309 g/mol. The zero-order chi connectivity index (χ0) is 16.2. The van der Waals surface area contributed by atoms with E-state index >= 15 is 0 Å². The maximum Gasteiger partial charge on any atom is 0.227 e. The highest BCUT2D eigenvalue weighted by molar-refractivity contribution is 5.79. The van der Waals surface area contributed by atoms with Crippen molar-refractivity contribution < 1.29 is 4.79 Å². The molecule has 4 nitrogen and oxygen atoms in total. The molecule has 0 spiro atoms. The second kappa shape index (κ2) is 6.73. The van der Waals surface area contributed by atoms with E-state index in [2.05, 4.69) is 17.9 Å². The molecule has 2 aromatic carbocycles. The number of hydrogen-bond donors (Lipinski definition) is 1. The number of carbonyl (C=O) groups excluding carboxylic acids is 1. The molecule has 4 heteroatoms. The van der Waals surface area contributed by atoms with Gasteiger partial charge in [-0.15, -0.1) is 0 Å². The van der Waals surface area contributed by atoms with Crippen LogP contribution in [0.5, 0.6) is 0 Å². The maximum atomic E-state index is 12.4. The van der Waals surface area contributed by atoms with Crippen LogP contribution >= 0.6 is 0 Å². The Kier molecular flexibility index (Phi) is 4.51. The van der Waals surface area contributed by atoms with Gasteiger partial charge in [0.15, 0.2) is 0 Å². The van der Waals surface area contributed by atoms with Crippen molar-refractivity contribution in [3.8, 4) is 0 Å². The van der Waals surface area contributed by atoms with Crippen LogP contribution in [0.1, 0.15) is 11.1 Å². The maximum absolute atomic E-state index is 12.4. The van der Waals surface area contributed by atoms with Crippen molar-refractivity contribution in [2.45, 2.75) is 13.3 Å². The predicted octanol–water partition coefficient (Wildman–Crippen LogP) is 2.47. The van der Waals surface area contributed by atoms with Crippen molar-refractivity contribution in [2.24, 2.45) is 0 Å². The van der Waals surface area contributed by atoms with Crippen molar-refractivity contribution >= 4 is 17.3 Å². The van der Waals surface area contributed by atoms with E-state index in [0.717, 1.165) is 37.4 Å². The van der Waals surface area contributed by atoms with Crippen LogP contribution in [-0.2, 0) is 11.2 Å². The van der Waals surface area contributed by atoms with Crippen LogP contribution in [0.15, 0.2) is 48.5 Å². The molecule has 2 aromatic rings. The van der Waals surface area contributed by atoms with Gasteiger partial charge in [-0.05, 0) is 30.2 Å². The summed E-state index contributed by atoms with van der Waals surface area (Å²) in [4.78, 5) is 16.7. The molecule has 0 aliphatic carbocycles. The van der Waals surface area contributed by atoms with Crippen LogP contribution in [0.2, 0.25) is 0 Å². The minimum Gasteiger partial charge on any atom is -0.399 e. The van der Waals surface area contributed by atoms with Gasteiger partial charge in [0.05, 0.1) is 6.42 Å². The second-order valence-corrected chi connectivity index (χ2v) is 6.08. The fourth-order valence-electron chi connectivity index (χ4n) is 3.05. The van der Waals surface area contributed by atoms with E-state index in [4.69, 9.17) is 5.73 Å². The summed E-state index contributed by atoms with van der Waals surface area (Å²) in [6.45, 7) is 5.33. The fraction of sp³-hybridized carbons (Fsp3) is 0.316. The summed E-state index contributed by atoms with van der Waals surface area (Å²) < 4.78 is 0. The number of amides is 1. The number of piperazine rings is 1. The number of nitrogens with zero attached hydrogens (tertiary/aromatic N) is 2. The third-order valence-corrected chi connectivity index (χ3v) is 4.40. The molecule has 0 bridgehead atoms. The van der Waals surface area contributed by atoms with Gasteiger partial charge in [0.1, 0.15) is 0 Å². The van der Waals surface area contributed by atoms with Gasteiger partial charge in [-0.1, -0.05) is 36.4 Å². The normalized spacial score (nSPS) is 14.8. The van der Waals surface area contributed by atoms with E-state index in [1.807, 2.05) is 47.4 Å². The van der Waals surface area contributed by atoms with Crippen LogP contribution in [0, 0.1) is 6.92 Å². The zero-order valence-corrected chi connectivity index (χ0v) is 13.5. The Morgan fingerprint density at radius 3 is 2.43 bits per heavy atom. The first-order valence-electron chi connectivity index (χ1n) is 8.06. The molecule has 0 atom stereocenters. The summed E-state index contributed by atoms with van der Waals surface area (Å²) in [6.07, 6.45) is 0.484. The first kappa shape index (κ1) is 15.4. The van der Waals surface area contributed by atoms with E-state index in [1.54, 1.807) is 0 Å². The molecular weight excluding hydrogens is 286 g/mol. The molecule has 0 unspecified atom stereocenters. The average Bonchev–Trinajstić information content (AvgIpc) is 2.58. The van der Waals surface area contributed by atoms with Gasteiger partial charge in [0.2, 0.25) is 5.91 Å². The number of hydrogen-bond acceptors (Lipinski definition) is 3. The topological polar surface area (TPSA) is 49.6 Å². The molecule has 1 aliphatic heterocycles. The lowest BCUT2D eigenvalue weighted by Gasteiger charge is -2.37. The Bertz CT molecular complexity index is 676. The number of rotatable bonds is 3. The highest BCUT2D eigenvalue weighted by Gasteiger charge is 2.22. The van der Waals surface area contributed by atoms with Gasteiger partial charge in [-0.3, -0.25) is 4.79 Å². The van der Waals surface area contributed by atoms with E-state index in [0.29, 0.717) is 6.42 Å². The van der Waals surface area contributed by atoms with Crippen LogP contribution in [0.4, 0.5) is 11.4 Å². The lowest BCUT2D eigenvalue weighted by molar-refractivity contribution is -0.130. The van der Waals surface area contributed by atoms with Gasteiger partial charge in [0, 0.05) is 37.6 Å². The van der Waals surface area contributed by atoms with Gasteiger partial charge in [0.25, 0.3) is 0 Å². The molecule has 1 saturated heterocycles. The number of anilines is 2. The summed E-state index contributed by atoms with van der Waals surface area (Å²) in [6, 6.07) is 15.9. The molecular formula is C19H23N3O. The third kappa shape index (κ3) is 3.65. The molecule has 1 heterocycles. The molecule has 2 N–H and O–H groups in total. The molecule has 0 radical (unpaired) electrons. The summed E-state index contributed by atoms with van der Waals surface area (Å²) >= 11 is 0. The first-order valence-corrected chi connectivity index (χ1v) is 8.06. The highest BCUT2D eigenvalue weighted by Crippen LogP contribution is 2.24. The van der Waals surface area contributed by atoms with Crippen molar-refractivity contribution in [1.29, 1.82) is 0 Å². The molecule has 1 aliphatic rings. The van der Waals surface area contributed by atoms with E-state index in [1.165, 1.54) is 11.3 Å². The van der Waals surface area contributed by atoms with Gasteiger partial charge in [-0.25, -0.2) is 0 Å². The Hall–Kier alpha value is -2.49. The third-order valence-electron chi connectivity index (χ3n) is 4.40. The van der Waals surface area contributed by atoms with Crippen molar-refractivity contribution in [1.82, 2.24) is 4.90 Å². The van der Waals surface area contributed by atoms with Gasteiger partial charge >= 0.3 is 0 Å². The Labute approximate surface area is 137 Å². The largest absolute Gasteiger partial charge is 0.399 e. The molecule has 0 aromatic heterocycles. The number of benzene rings is 2. The minimum atomic E-state index is 0.208. The fourth-order valence-corrected chi connectivity index (χ4v) is 3.05. The van der Waals surface area contributed by atoms with Crippen LogP contribution in [0.25, 0.3) is 0 Å². The molecule has 23 heavy (non-hydrogen) atoms. The summed E-state index contributed by atoms with van der Waals surface area (Å²) in [5, 5.41) is 0. The van der Waals surface area contributed by atoms with Gasteiger partial charge in [-0.2, -0.15) is 0 Å². The first-order chi connectivity index (χ1) is 11.1. The number of nitrogen functional groups attached to an aromatic ring is 1. The van der Waals surface area contributed by atoms with Crippen LogP contribution in [0.3, 0.4) is 0 Å². The SMILES string of the molecule is Cc1ccc(N)cc1N1CCN(C(=O)Cc2ccccc2)CC1. The Balaban J connectivity index is 1.60. The lowest BCUT2D eigenvalue weighted by atomic mass is 10.1. The zero-order valence-electron chi connectivity index (χ0n) is 13.5. The standard InChI is InChI=1S/C19H23N3O/c1-15-7-8-17(20)14-18(15)21-9-11-22(12-10-21)19(23)13-16-5-3-2-4-6-16/h2-8,14H,9-13,20H2,1H3. The number of nitrogens with two attached hydrogens (primary N) is 1. The summed E-state index contributed by atoms with van der Waals surface area (Å²) in [5.41, 5.74) is 10.2. The smallest absolute Gasteiger partial charge is 0.227 e.